The maximum absolute atomic E-state index is 12.5. The summed E-state index contributed by atoms with van der Waals surface area (Å²) in [7, 11) is 0. The predicted octanol–water partition coefficient (Wildman–Crippen LogP) is 3.45. The lowest BCUT2D eigenvalue weighted by Gasteiger charge is -2.25. The van der Waals surface area contributed by atoms with Gasteiger partial charge < -0.3 is 4.90 Å². The normalized spacial score (nSPS) is 26.7. The van der Waals surface area contributed by atoms with Crippen LogP contribution in [0.4, 0.5) is 0 Å². The van der Waals surface area contributed by atoms with Crippen LogP contribution >= 0.6 is 11.8 Å². The molecule has 1 aliphatic rings. The van der Waals surface area contributed by atoms with Crippen LogP contribution in [-0.4, -0.2) is 29.6 Å². The molecular weight excluding hydrogens is 254 g/mol. The molecule has 2 atom stereocenters. The Bertz CT molecular complexity index is 459. The molecule has 1 saturated heterocycles. The Labute approximate surface area is 119 Å². The van der Waals surface area contributed by atoms with Crippen molar-refractivity contribution in [2.45, 2.75) is 18.7 Å². The van der Waals surface area contributed by atoms with Crippen molar-refractivity contribution in [1.82, 2.24) is 4.90 Å². The molecule has 2 nitrogen and oxygen atoms in total. The van der Waals surface area contributed by atoms with E-state index in [1.165, 1.54) is 4.90 Å². The zero-order chi connectivity index (χ0) is 13.9. The van der Waals surface area contributed by atoms with Crippen molar-refractivity contribution in [3.8, 4) is 0 Å². The fraction of sp³-hybridized carbons (Fsp3) is 0.438. The van der Waals surface area contributed by atoms with E-state index in [2.05, 4.69) is 32.6 Å². The van der Waals surface area contributed by atoms with Crippen molar-refractivity contribution in [3.05, 3.63) is 43.0 Å². The first-order chi connectivity index (χ1) is 9.08. The Morgan fingerprint density at radius 3 is 2.79 bits per heavy atom. The summed E-state index contributed by atoms with van der Waals surface area (Å²) in [5.74, 6) is 1.49. The summed E-state index contributed by atoms with van der Waals surface area (Å²) in [6.07, 6.45) is 1.81. The summed E-state index contributed by atoms with van der Waals surface area (Å²) in [5.41, 5.74) is -0.260. The van der Waals surface area contributed by atoms with Gasteiger partial charge in [0.15, 0.2) is 0 Å². The number of benzene rings is 1. The lowest BCUT2D eigenvalue weighted by atomic mass is 9.82. The highest BCUT2D eigenvalue weighted by molar-refractivity contribution is 7.99. The number of hydrogen-bond acceptors (Lipinski definition) is 2. The molecule has 3 heteroatoms. The average Bonchev–Trinajstić information content (AvgIpc) is 2.63. The molecule has 0 unspecified atom stereocenters. The number of carbonyl (C=O) groups is 1. The average molecular weight is 275 g/mol. The zero-order valence-electron chi connectivity index (χ0n) is 11.6. The number of nitrogens with zero attached hydrogens (tertiary/aromatic N) is 1. The van der Waals surface area contributed by atoms with Gasteiger partial charge in [0, 0.05) is 23.7 Å². The molecule has 0 radical (unpaired) electrons. The molecular formula is C16H21NOS. The van der Waals surface area contributed by atoms with Gasteiger partial charge in [-0.1, -0.05) is 31.2 Å². The third-order valence-electron chi connectivity index (χ3n) is 3.99. The van der Waals surface area contributed by atoms with E-state index in [-0.39, 0.29) is 11.3 Å². The Hall–Kier alpha value is -1.22. The van der Waals surface area contributed by atoms with Crippen molar-refractivity contribution in [2.75, 3.05) is 18.8 Å². The third kappa shape index (κ3) is 2.86. The van der Waals surface area contributed by atoms with Gasteiger partial charge in [-0.2, -0.15) is 0 Å². The molecule has 1 aromatic carbocycles. The number of amides is 1. The molecule has 0 saturated carbocycles. The Balaban J connectivity index is 2.05. The minimum absolute atomic E-state index is 0.260. The molecule has 19 heavy (non-hydrogen) atoms. The summed E-state index contributed by atoms with van der Waals surface area (Å²) >= 11 is 1.77. The Morgan fingerprint density at radius 1 is 1.47 bits per heavy atom. The fourth-order valence-corrected chi connectivity index (χ4v) is 3.68. The second-order valence-corrected chi connectivity index (χ2v) is 6.47. The van der Waals surface area contributed by atoms with Crippen LogP contribution in [0.15, 0.2) is 47.9 Å². The van der Waals surface area contributed by atoms with Gasteiger partial charge >= 0.3 is 0 Å². The molecule has 1 aliphatic heterocycles. The maximum Gasteiger partial charge on any atom is 0.229 e. The van der Waals surface area contributed by atoms with E-state index >= 15 is 0 Å². The highest BCUT2D eigenvalue weighted by Gasteiger charge is 2.47. The molecule has 0 bridgehead atoms. The van der Waals surface area contributed by atoms with Gasteiger partial charge in [-0.15, -0.1) is 18.3 Å². The van der Waals surface area contributed by atoms with E-state index < -0.39 is 0 Å². The summed E-state index contributed by atoms with van der Waals surface area (Å²) in [5, 5.41) is 0. The number of rotatable bonds is 5. The smallest absolute Gasteiger partial charge is 0.229 e. The third-order valence-corrected chi connectivity index (χ3v) is 5.34. The van der Waals surface area contributed by atoms with Crippen molar-refractivity contribution >= 4 is 17.7 Å². The number of thioether (sulfide) groups is 1. The lowest BCUT2D eigenvalue weighted by Crippen LogP contribution is -2.35. The quantitative estimate of drug-likeness (QED) is 0.606. The zero-order valence-corrected chi connectivity index (χ0v) is 12.5. The highest BCUT2D eigenvalue weighted by Crippen LogP contribution is 2.41. The van der Waals surface area contributed by atoms with E-state index in [9.17, 15) is 4.79 Å². The van der Waals surface area contributed by atoms with E-state index in [1.54, 1.807) is 17.8 Å². The molecule has 2 rings (SSSR count). The lowest BCUT2D eigenvalue weighted by molar-refractivity contribution is -0.134. The highest BCUT2D eigenvalue weighted by atomic mass is 32.2. The largest absolute Gasteiger partial charge is 0.338 e. The maximum atomic E-state index is 12.5. The molecule has 1 heterocycles. The SMILES string of the molecule is C=CCN1C[C@H](C)[C@](C)(CSc2ccccc2)C1=O. The van der Waals surface area contributed by atoms with Gasteiger partial charge in [0.05, 0.1) is 5.41 Å². The van der Waals surface area contributed by atoms with Crippen LogP contribution in [0.1, 0.15) is 13.8 Å². The molecule has 1 amide bonds. The molecule has 0 aromatic heterocycles. The van der Waals surface area contributed by atoms with Crippen LogP contribution in [0, 0.1) is 11.3 Å². The van der Waals surface area contributed by atoms with E-state index in [1.807, 2.05) is 23.1 Å². The summed E-state index contributed by atoms with van der Waals surface area (Å²) < 4.78 is 0. The molecule has 1 aromatic rings. The fourth-order valence-electron chi connectivity index (χ4n) is 2.45. The Morgan fingerprint density at radius 2 is 2.16 bits per heavy atom. The predicted molar refractivity (Wildman–Crippen MR) is 81.2 cm³/mol. The number of carbonyl (C=O) groups excluding carboxylic acids is 1. The standard InChI is InChI=1S/C16H21NOS/c1-4-10-17-11-13(2)16(3,15(17)18)12-19-14-8-6-5-7-9-14/h4-9,13H,1,10-12H2,2-3H3/t13-,16-/m0/s1. The van der Waals surface area contributed by atoms with E-state index in [4.69, 9.17) is 0 Å². The summed E-state index contributed by atoms with van der Waals surface area (Å²) in [6.45, 7) is 9.50. The van der Waals surface area contributed by atoms with Crippen LogP contribution in [0.2, 0.25) is 0 Å². The van der Waals surface area contributed by atoms with Gasteiger partial charge in [0.1, 0.15) is 0 Å². The van der Waals surface area contributed by atoms with Gasteiger partial charge in [-0.05, 0) is 25.0 Å². The van der Waals surface area contributed by atoms with E-state index in [0.717, 1.165) is 12.3 Å². The number of hydrogen-bond donors (Lipinski definition) is 0. The van der Waals surface area contributed by atoms with Gasteiger partial charge in [-0.25, -0.2) is 0 Å². The minimum atomic E-state index is -0.260. The topological polar surface area (TPSA) is 20.3 Å². The number of likely N-dealkylation sites (tertiary alicyclic amines) is 1. The van der Waals surface area contributed by atoms with Crippen molar-refractivity contribution in [3.63, 3.8) is 0 Å². The first-order valence-corrected chi connectivity index (χ1v) is 7.64. The van der Waals surface area contributed by atoms with Crippen LogP contribution in [-0.2, 0) is 4.79 Å². The van der Waals surface area contributed by atoms with Gasteiger partial charge in [0.25, 0.3) is 0 Å². The monoisotopic (exact) mass is 275 g/mol. The van der Waals surface area contributed by atoms with Crippen LogP contribution in [0.3, 0.4) is 0 Å². The van der Waals surface area contributed by atoms with Crippen molar-refractivity contribution in [2.24, 2.45) is 11.3 Å². The van der Waals surface area contributed by atoms with Gasteiger partial charge in [0.2, 0.25) is 5.91 Å². The van der Waals surface area contributed by atoms with E-state index in [0.29, 0.717) is 12.5 Å². The Kier molecular flexibility index (Phi) is 4.35. The van der Waals surface area contributed by atoms with Crippen LogP contribution in [0.5, 0.6) is 0 Å². The summed E-state index contributed by atoms with van der Waals surface area (Å²) in [4.78, 5) is 15.7. The van der Waals surface area contributed by atoms with Crippen molar-refractivity contribution < 1.29 is 4.79 Å². The summed E-state index contributed by atoms with van der Waals surface area (Å²) in [6, 6.07) is 10.3. The first-order valence-electron chi connectivity index (χ1n) is 6.66. The van der Waals surface area contributed by atoms with Gasteiger partial charge in [-0.3, -0.25) is 4.79 Å². The second-order valence-electron chi connectivity index (χ2n) is 5.42. The molecule has 0 aliphatic carbocycles. The molecule has 102 valence electrons. The minimum Gasteiger partial charge on any atom is -0.338 e. The molecule has 1 fully saturated rings. The molecule has 0 spiro atoms. The first kappa shape index (κ1) is 14.2. The second kappa shape index (κ2) is 5.83. The van der Waals surface area contributed by atoms with Crippen molar-refractivity contribution in [1.29, 1.82) is 0 Å². The molecule has 0 N–H and O–H groups in total. The van der Waals surface area contributed by atoms with Crippen LogP contribution in [0.25, 0.3) is 0 Å². The van der Waals surface area contributed by atoms with Crippen LogP contribution < -0.4 is 0 Å².